The van der Waals surface area contributed by atoms with Gasteiger partial charge in [0.25, 0.3) is 0 Å². The van der Waals surface area contributed by atoms with Gasteiger partial charge in [-0.15, -0.1) is 0 Å². The van der Waals surface area contributed by atoms with E-state index in [9.17, 15) is 4.79 Å². The molecule has 2 N–H and O–H groups in total. The molecule has 0 aliphatic heterocycles. The maximum absolute atomic E-state index is 11.6. The molecular weight excluding hydrogens is 332 g/mol. The number of anilines is 1. The summed E-state index contributed by atoms with van der Waals surface area (Å²) < 4.78 is 6.29. The Balaban J connectivity index is 2.55. The monoisotopic (exact) mass is 356 g/mol. The maximum Gasteiger partial charge on any atom is 0.407 e. The number of hydrogen-bond donors (Lipinski definition) is 2. The second-order valence-electron chi connectivity index (χ2n) is 6.34. The zero-order valence-corrected chi connectivity index (χ0v) is 15.2. The van der Waals surface area contributed by atoms with Gasteiger partial charge in [0.15, 0.2) is 0 Å². The first-order valence-corrected chi connectivity index (χ1v) is 7.88. The number of alkyl carbamates (subject to hydrolysis) is 1. The van der Waals surface area contributed by atoms with Crippen LogP contribution in [-0.4, -0.2) is 24.3 Å². The SMILES string of the molecule is Cc1cc(Br)cc(C)c1NC(C)CNC(=O)OC(C)(C)C. The van der Waals surface area contributed by atoms with Crippen LogP contribution < -0.4 is 10.6 Å². The highest BCUT2D eigenvalue weighted by Gasteiger charge is 2.16. The predicted molar refractivity (Wildman–Crippen MR) is 90.9 cm³/mol. The lowest BCUT2D eigenvalue weighted by molar-refractivity contribution is 0.0526. The molecule has 0 aromatic heterocycles. The minimum Gasteiger partial charge on any atom is -0.444 e. The van der Waals surface area contributed by atoms with E-state index in [1.807, 2.05) is 27.7 Å². The Kier molecular flexibility index (Phi) is 6.08. The van der Waals surface area contributed by atoms with Gasteiger partial charge in [0, 0.05) is 22.7 Å². The first kappa shape index (κ1) is 17.8. The van der Waals surface area contributed by atoms with E-state index < -0.39 is 5.60 Å². The highest BCUT2D eigenvalue weighted by atomic mass is 79.9. The predicted octanol–water partition coefficient (Wildman–Crippen LogP) is 4.39. The minimum atomic E-state index is -0.473. The molecule has 0 radical (unpaired) electrons. The number of rotatable bonds is 4. The molecule has 0 saturated heterocycles. The van der Waals surface area contributed by atoms with Crippen LogP contribution in [-0.2, 0) is 4.74 Å². The van der Waals surface area contributed by atoms with Gasteiger partial charge in [-0.25, -0.2) is 4.79 Å². The summed E-state index contributed by atoms with van der Waals surface area (Å²) >= 11 is 3.49. The lowest BCUT2D eigenvalue weighted by Gasteiger charge is -2.22. The summed E-state index contributed by atoms with van der Waals surface area (Å²) in [4.78, 5) is 11.6. The van der Waals surface area contributed by atoms with Crippen molar-refractivity contribution in [2.75, 3.05) is 11.9 Å². The van der Waals surface area contributed by atoms with E-state index in [1.165, 1.54) is 11.1 Å². The minimum absolute atomic E-state index is 0.107. The Morgan fingerprint density at radius 3 is 2.29 bits per heavy atom. The van der Waals surface area contributed by atoms with Gasteiger partial charge in [-0.3, -0.25) is 0 Å². The standard InChI is InChI=1S/C16H25BrN2O2/c1-10-7-13(17)8-11(2)14(10)19-12(3)9-18-15(20)21-16(4,5)6/h7-8,12,19H,9H2,1-6H3,(H,18,20). The molecule has 0 aliphatic carbocycles. The molecule has 4 nitrogen and oxygen atoms in total. The summed E-state index contributed by atoms with van der Waals surface area (Å²) in [7, 11) is 0. The first-order chi connectivity index (χ1) is 9.58. The molecular formula is C16H25BrN2O2. The molecule has 0 aliphatic rings. The number of aryl methyl sites for hydroxylation is 2. The fourth-order valence-electron chi connectivity index (χ4n) is 1.99. The number of carbonyl (C=O) groups is 1. The number of ether oxygens (including phenoxy) is 1. The Morgan fingerprint density at radius 1 is 1.29 bits per heavy atom. The summed E-state index contributed by atoms with van der Waals surface area (Å²) in [6.45, 7) is 12.2. The molecule has 0 spiro atoms. The van der Waals surface area contributed by atoms with Gasteiger partial charge in [-0.2, -0.15) is 0 Å². The third-order valence-electron chi connectivity index (χ3n) is 2.84. The van der Waals surface area contributed by atoms with Crippen LogP contribution in [0.25, 0.3) is 0 Å². The van der Waals surface area contributed by atoms with Crippen molar-refractivity contribution >= 4 is 27.7 Å². The van der Waals surface area contributed by atoms with Crippen molar-refractivity contribution in [2.24, 2.45) is 0 Å². The molecule has 1 unspecified atom stereocenters. The fraction of sp³-hybridized carbons (Fsp3) is 0.562. The van der Waals surface area contributed by atoms with Gasteiger partial charge >= 0.3 is 6.09 Å². The summed E-state index contributed by atoms with van der Waals surface area (Å²) in [5.41, 5.74) is 2.98. The lowest BCUT2D eigenvalue weighted by Crippen LogP contribution is -2.38. The van der Waals surface area contributed by atoms with Crippen molar-refractivity contribution in [1.82, 2.24) is 5.32 Å². The number of nitrogens with one attached hydrogen (secondary N) is 2. The molecule has 1 atom stereocenters. The van der Waals surface area contributed by atoms with E-state index in [4.69, 9.17) is 4.74 Å². The highest BCUT2D eigenvalue weighted by Crippen LogP contribution is 2.25. The second-order valence-corrected chi connectivity index (χ2v) is 7.26. The van der Waals surface area contributed by atoms with Crippen molar-refractivity contribution in [2.45, 2.75) is 53.2 Å². The molecule has 1 aromatic rings. The molecule has 0 bridgehead atoms. The fourth-order valence-corrected chi connectivity index (χ4v) is 2.67. The van der Waals surface area contributed by atoms with E-state index in [1.54, 1.807) is 0 Å². The average molecular weight is 357 g/mol. The second kappa shape index (κ2) is 7.16. The smallest absolute Gasteiger partial charge is 0.407 e. The molecule has 21 heavy (non-hydrogen) atoms. The molecule has 0 heterocycles. The number of amides is 1. The van der Waals surface area contributed by atoms with Crippen LogP contribution in [0.15, 0.2) is 16.6 Å². The molecule has 118 valence electrons. The Labute approximate surface area is 135 Å². The summed E-state index contributed by atoms with van der Waals surface area (Å²) in [6.07, 6.45) is -0.389. The number of carbonyl (C=O) groups excluding carboxylic acids is 1. The largest absolute Gasteiger partial charge is 0.444 e. The van der Waals surface area contributed by atoms with Crippen LogP contribution in [0.1, 0.15) is 38.8 Å². The summed E-state index contributed by atoms with van der Waals surface area (Å²) in [5.74, 6) is 0. The molecule has 0 saturated carbocycles. The Hall–Kier alpha value is -1.23. The number of halogens is 1. The van der Waals surface area contributed by atoms with Gasteiger partial charge in [-0.05, 0) is 64.8 Å². The van der Waals surface area contributed by atoms with E-state index >= 15 is 0 Å². The van der Waals surface area contributed by atoms with Crippen molar-refractivity contribution < 1.29 is 9.53 Å². The van der Waals surface area contributed by atoms with Crippen molar-refractivity contribution in [3.05, 3.63) is 27.7 Å². The van der Waals surface area contributed by atoms with Crippen LogP contribution in [0.4, 0.5) is 10.5 Å². The lowest BCUT2D eigenvalue weighted by atomic mass is 10.1. The normalized spacial score (nSPS) is 12.7. The molecule has 5 heteroatoms. The van der Waals surface area contributed by atoms with Crippen molar-refractivity contribution in [3.63, 3.8) is 0 Å². The number of hydrogen-bond acceptors (Lipinski definition) is 3. The molecule has 1 amide bonds. The average Bonchev–Trinajstić information content (AvgIpc) is 2.29. The van der Waals surface area contributed by atoms with Crippen LogP contribution in [0.2, 0.25) is 0 Å². The quantitative estimate of drug-likeness (QED) is 0.840. The maximum atomic E-state index is 11.6. The van der Waals surface area contributed by atoms with Gasteiger partial charge in [0.2, 0.25) is 0 Å². The molecule has 1 aromatic carbocycles. The van der Waals surface area contributed by atoms with E-state index in [2.05, 4.69) is 52.5 Å². The van der Waals surface area contributed by atoms with Crippen LogP contribution in [0.5, 0.6) is 0 Å². The first-order valence-electron chi connectivity index (χ1n) is 7.08. The summed E-state index contributed by atoms with van der Waals surface area (Å²) in [5, 5.41) is 6.21. The molecule has 1 rings (SSSR count). The van der Waals surface area contributed by atoms with Gasteiger partial charge in [0.1, 0.15) is 5.60 Å². The Bertz CT molecular complexity index is 486. The van der Waals surface area contributed by atoms with Crippen LogP contribution in [0.3, 0.4) is 0 Å². The van der Waals surface area contributed by atoms with E-state index in [0.717, 1.165) is 10.2 Å². The zero-order valence-electron chi connectivity index (χ0n) is 13.6. The van der Waals surface area contributed by atoms with Crippen LogP contribution in [0, 0.1) is 13.8 Å². The third kappa shape index (κ3) is 6.38. The van der Waals surface area contributed by atoms with Gasteiger partial charge < -0.3 is 15.4 Å². The van der Waals surface area contributed by atoms with E-state index in [-0.39, 0.29) is 12.1 Å². The van der Waals surface area contributed by atoms with E-state index in [0.29, 0.717) is 6.54 Å². The molecule has 0 fully saturated rings. The van der Waals surface area contributed by atoms with Gasteiger partial charge in [0.05, 0.1) is 0 Å². The third-order valence-corrected chi connectivity index (χ3v) is 3.30. The van der Waals surface area contributed by atoms with Crippen molar-refractivity contribution in [1.29, 1.82) is 0 Å². The number of benzene rings is 1. The van der Waals surface area contributed by atoms with Gasteiger partial charge in [-0.1, -0.05) is 15.9 Å². The highest BCUT2D eigenvalue weighted by molar-refractivity contribution is 9.10. The topological polar surface area (TPSA) is 50.4 Å². The Morgan fingerprint density at radius 2 is 1.81 bits per heavy atom. The summed E-state index contributed by atoms with van der Waals surface area (Å²) in [6, 6.07) is 4.25. The van der Waals surface area contributed by atoms with Crippen LogP contribution >= 0.6 is 15.9 Å². The van der Waals surface area contributed by atoms with Crippen molar-refractivity contribution in [3.8, 4) is 0 Å². The zero-order chi connectivity index (χ0) is 16.2.